The van der Waals surface area contributed by atoms with Crippen LogP contribution in [0.3, 0.4) is 0 Å². The minimum Gasteiger partial charge on any atom is -0.340 e. The van der Waals surface area contributed by atoms with Crippen molar-refractivity contribution in [3.05, 3.63) is 35.4 Å². The number of fused-ring (bicyclic) bond motifs is 3. The Morgan fingerprint density at radius 2 is 2.22 bits per heavy atom. The van der Waals surface area contributed by atoms with E-state index >= 15 is 0 Å². The first-order valence-corrected chi connectivity index (χ1v) is 6.18. The third-order valence-corrected chi connectivity index (χ3v) is 3.39. The largest absolute Gasteiger partial charge is 0.340 e. The topological polar surface area (TPSA) is 53.6 Å². The van der Waals surface area contributed by atoms with Crippen LogP contribution in [0.5, 0.6) is 0 Å². The molecule has 1 aromatic carbocycles. The van der Waals surface area contributed by atoms with Crippen LogP contribution in [-0.2, 0) is 0 Å². The van der Waals surface area contributed by atoms with Gasteiger partial charge in [0.25, 0.3) is 0 Å². The number of aromatic amines is 1. The fraction of sp³-hybridized carbons (Fsp3) is 0.231. The molecule has 0 fully saturated rings. The summed E-state index contributed by atoms with van der Waals surface area (Å²) in [6.07, 6.45) is 1.78. The maximum atomic E-state index is 5.90. The molecular weight excluding hydrogens is 248 g/mol. The Morgan fingerprint density at radius 3 is 3.00 bits per heavy atom. The van der Waals surface area contributed by atoms with Crippen molar-refractivity contribution in [2.75, 3.05) is 7.05 Å². The number of nitrogens with one attached hydrogen (secondary N) is 2. The highest BCUT2D eigenvalue weighted by Crippen LogP contribution is 2.25. The molecule has 0 amide bonds. The highest BCUT2D eigenvalue weighted by Gasteiger charge is 2.11. The number of aromatic nitrogens is 3. The molecule has 0 bridgehead atoms. The minimum absolute atomic E-state index is 0.188. The lowest BCUT2D eigenvalue weighted by Gasteiger charge is -2.04. The Morgan fingerprint density at radius 1 is 1.39 bits per heavy atom. The number of rotatable bonds is 2. The van der Waals surface area contributed by atoms with Crippen LogP contribution in [0.25, 0.3) is 21.8 Å². The van der Waals surface area contributed by atoms with Crippen LogP contribution < -0.4 is 5.32 Å². The van der Waals surface area contributed by atoms with E-state index in [0.29, 0.717) is 5.15 Å². The Kier molecular flexibility index (Phi) is 2.69. The van der Waals surface area contributed by atoms with Gasteiger partial charge in [0.1, 0.15) is 11.0 Å². The minimum atomic E-state index is 0.188. The predicted molar refractivity (Wildman–Crippen MR) is 73.9 cm³/mol. The van der Waals surface area contributed by atoms with Crippen LogP contribution in [0.15, 0.2) is 24.4 Å². The molecule has 0 saturated carbocycles. The molecule has 0 spiro atoms. The van der Waals surface area contributed by atoms with Crippen LogP contribution in [0.4, 0.5) is 0 Å². The number of imidazole rings is 1. The Labute approximate surface area is 109 Å². The van der Waals surface area contributed by atoms with Crippen LogP contribution in [-0.4, -0.2) is 22.0 Å². The first-order chi connectivity index (χ1) is 8.69. The predicted octanol–water partition coefficient (Wildman–Crippen LogP) is 3.04. The van der Waals surface area contributed by atoms with Gasteiger partial charge in [0.05, 0.1) is 17.1 Å². The number of H-pyrrole nitrogens is 1. The van der Waals surface area contributed by atoms with Gasteiger partial charge < -0.3 is 10.3 Å². The SMILES string of the molecule is CN[C@H](C)c1nc2ccc3cc(Cl)ncc3c2[nH]1. The third-order valence-electron chi connectivity index (χ3n) is 3.19. The van der Waals surface area contributed by atoms with Crippen LogP contribution in [0, 0.1) is 0 Å². The number of halogens is 1. The molecule has 0 unspecified atom stereocenters. The summed E-state index contributed by atoms with van der Waals surface area (Å²) < 4.78 is 0. The van der Waals surface area contributed by atoms with Gasteiger partial charge >= 0.3 is 0 Å². The van der Waals surface area contributed by atoms with Gasteiger partial charge in [-0.25, -0.2) is 9.97 Å². The number of benzene rings is 1. The summed E-state index contributed by atoms with van der Waals surface area (Å²) in [5.74, 6) is 0.926. The van der Waals surface area contributed by atoms with Gasteiger partial charge in [0, 0.05) is 11.6 Å². The van der Waals surface area contributed by atoms with Crippen molar-refractivity contribution in [2.24, 2.45) is 0 Å². The van der Waals surface area contributed by atoms with Gasteiger partial charge in [-0.05, 0) is 31.5 Å². The smallest absolute Gasteiger partial charge is 0.129 e. The number of hydrogen-bond acceptors (Lipinski definition) is 3. The maximum Gasteiger partial charge on any atom is 0.129 e. The van der Waals surface area contributed by atoms with Crippen molar-refractivity contribution in [2.45, 2.75) is 13.0 Å². The zero-order valence-electron chi connectivity index (χ0n) is 10.2. The molecule has 0 aliphatic carbocycles. The zero-order chi connectivity index (χ0) is 12.7. The monoisotopic (exact) mass is 260 g/mol. The molecule has 1 atom stereocenters. The second-order valence-corrected chi connectivity index (χ2v) is 4.71. The lowest BCUT2D eigenvalue weighted by Crippen LogP contribution is -2.13. The van der Waals surface area contributed by atoms with E-state index in [1.54, 1.807) is 6.20 Å². The van der Waals surface area contributed by atoms with E-state index in [-0.39, 0.29) is 6.04 Å². The second-order valence-electron chi connectivity index (χ2n) is 4.32. The number of nitrogens with zero attached hydrogens (tertiary/aromatic N) is 2. The molecule has 5 heteroatoms. The first kappa shape index (κ1) is 11.4. The fourth-order valence-corrected chi connectivity index (χ4v) is 2.20. The van der Waals surface area contributed by atoms with Gasteiger partial charge in [-0.1, -0.05) is 17.7 Å². The molecule has 2 N–H and O–H groups in total. The fourth-order valence-electron chi connectivity index (χ4n) is 2.03. The molecule has 2 heterocycles. The average Bonchev–Trinajstić information content (AvgIpc) is 2.81. The molecular formula is C13H13ClN4. The molecule has 18 heavy (non-hydrogen) atoms. The van der Waals surface area contributed by atoms with Crippen LogP contribution in [0.1, 0.15) is 18.8 Å². The highest BCUT2D eigenvalue weighted by atomic mass is 35.5. The molecule has 0 aliphatic heterocycles. The normalized spacial score (nSPS) is 13.3. The van der Waals surface area contributed by atoms with E-state index in [2.05, 4.69) is 27.2 Å². The number of pyridine rings is 1. The maximum absolute atomic E-state index is 5.90. The Balaban J connectivity index is 2.30. The summed E-state index contributed by atoms with van der Waals surface area (Å²) in [6.45, 7) is 2.06. The van der Waals surface area contributed by atoms with E-state index in [9.17, 15) is 0 Å². The molecule has 0 radical (unpaired) electrons. The molecule has 0 saturated heterocycles. The van der Waals surface area contributed by atoms with E-state index in [1.165, 1.54) is 0 Å². The standard InChI is InChI=1S/C13H13ClN4/c1-7(15-2)13-17-10-4-3-8-5-11(14)16-6-9(8)12(10)18-13/h3-7,15H,1-2H3,(H,17,18)/t7-/m1/s1. The van der Waals surface area contributed by atoms with Crippen molar-refractivity contribution < 1.29 is 0 Å². The van der Waals surface area contributed by atoms with E-state index < -0.39 is 0 Å². The van der Waals surface area contributed by atoms with Gasteiger partial charge in [-0.3, -0.25) is 0 Å². The van der Waals surface area contributed by atoms with Crippen LogP contribution >= 0.6 is 11.6 Å². The second kappa shape index (κ2) is 4.23. The quantitative estimate of drug-likeness (QED) is 0.697. The van der Waals surface area contributed by atoms with E-state index in [0.717, 1.165) is 27.6 Å². The summed E-state index contributed by atoms with van der Waals surface area (Å²) >= 11 is 5.90. The summed E-state index contributed by atoms with van der Waals surface area (Å²) in [7, 11) is 1.91. The Bertz CT molecular complexity index is 719. The highest BCUT2D eigenvalue weighted by molar-refractivity contribution is 6.30. The van der Waals surface area contributed by atoms with Crippen molar-refractivity contribution in [1.29, 1.82) is 0 Å². The molecule has 3 aromatic rings. The van der Waals surface area contributed by atoms with E-state index in [1.807, 2.05) is 25.2 Å². The summed E-state index contributed by atoms with van der Waals surface area (Å²) in [6, 6.07) is 6.06. The molecule has 0 aliphatic rings. The molecule has 3 rings (SSSR count). The molecule has 92 valence electrons. The van der Waals surface area contributed by atoms with Gasteiger partial charge in [0.15, 0.2) is 0 Å². The van der Waals surface area contributed by atoms with Crippen molar-refractivity contribution in [3.8, 4) is 0 Å². The first-order valence-electron chi connectivity index (χ1n) is 5.80. The Hall–Kier alpha value is -1.65. The van der Waals surface area contributed by atoms with Crippen molar-refractivity contribution in [1.82, 2.24) is 20.3 Å². The lowest BCUT2D eigenvalue weighted by molar-refractivity contribution is 0.620. The third kappa shape index (κ3) is 1.74. The van der Waals surface area contributed by atoms with Crippen LogP contribution in [0.2, 0.25) is 5.15 Å². The average molecular weight is 261 g/mol. The summed E-state index contributed by atoms with van der Waals surface area (Å²) in [4.78, 5) is 12.1. The van der Waals surface area contributed by atoms with Crippen molar-refractivity contribution >= 4 is 33.4 Å². The van der Waals surface area contributed by atoms with Crippen molar-refractivity contribution in [3.63, 3.8) is 0 Å². The number of hydrogen-bond donors (Lipinski definition) is 2. The molecule has 4 nitrogen and oxygen atoms in total. The zero-order valence-corrected chi connectivity index (χ0v) is 10.9. The lowest BCUT2D eigenvalue weighted by atomic mass is 10.1. The summed E-state index contributed by atoms with van der Waals surface area (Å²) in [5, 5.41) is 5.78. The van der Waals surface area contributed by atoms with E-state index in [4.69, 9.17) is 11.6 Å². The molecule has 2 aromatic heterocycles. The summed E-state index contributed by atoms with van der Waals surface area (Å²) in [5.41, 5.74) is 1.96. The van der Waals surface area contributed by atoms with Gasteiger partial charge in [-0.15, -0.1) is 0 Å². The van der Waals surface area contributed by atoms with Gasteiger partial charge in [0.2, 0.25) is 0 Å². The van der Waals surface area contributed by atoms with Gasteiger partial charge in [-0.2, -0.15) is 0 Å².